The fraction of sp³-hybridized carbons (Fsp3) is 0.419. The molecule has 11 unspecified atom stereocenters. The van der Waals surface area contributed by atoms with Crippen molar-refractivity contribution in [2.75, 3.05) is 66.4 Å². The number of H-pyrrole nitrogens is 1. The van der Waals surface area contributed by atoms with Crippen LogP contribution in [0.1, 0.15) is 100 Å². The Bertz CT molecular complexity index is 5070. The first-order chi connectivity index (χ1) is 61.4. The van der Waals surface area contributed by atoms with Crippen molar-refractivity contribution in [3.05, 3.63) is 203 Å². The number of thioether (sulfide) groups is 1. The molecule has 35 nitrogen and oxygen atoms in total. The predicted octanol–water partition coefficient (Wildman–Crippen LogP) is 2.33. The Hall–Kier alpha value is -13.7. The average molecular weight is 1800 g/mol. The number of carbonyl (C=O) groups is 16. The van der Waals surface area contributed by atoms with Gasteiger partial charge in [-0.25, -0.2) is 0 Å². The minimum Gasteiger partial charge on any atom is -0.508 e. The van der Waals surface area contributed by atoms with Gasteiger partial charge < -0.3 is 98.4 Å². The maximum atomic E-state index is 15.5. The molecule has 15 amide bonds. The van der Waals surface area contributed by atoms with E-state index in [4.69, 9.17) is 5.73 Å². The Morgan fingerprint density at radius 1 is 0.457 bits per heavy atom. The number of likely N-dealkylation sites (N-methyl/N-ethyl adjacent to an activating group) is 5. The Balaban J connectivity index is 1.21. The third kappa shape index (κ3) is 30.5. The lowest BCUT2D eigenvalue weighted by Crippen LogP contribution is -2.61. The number of phenolic OH excluding ortho intramolecular Hbond substituents is 2. The van der Waals surface area contributed by atoms with Gasteiger partial charge in [-0.1, -0.05) is 175 Å². The van der Waals surface area contributed by atoms with Crippen molar-refractivity contribution in [3.63, 3.8) is 0 Å². The summed E-state index contributed by atoms with van der Waals surface area (Å²) < 4.78 is 0. The first-order valence-electron chi connectivity index (χ1n) is 42.7. The quantitative estimate of drug-likeness (QED) is 0.0437. The average Bonchev–Trinajstić information content (AvgIpc) is 1.09. The number of aromatic hydroxyl groups is 2. The maximum Gasteiger partial charge on any atom is 0.305 e. The lowest BCUT2D eigenvalue weighted by Gasteiger charge is -2.37. The molecular weight excluding hydrogens is 1680 g/mol. The number of hydrogen-bond acceptors (Lipinski definition) is 19. The van der Waals surface area contributed by atoms with Gasteiger partial charge in [0.1, 0.15) is 78.0 Å². The van der Waals surface area contributed by atoms with Gasteiger partial charge in [-0.2, -0.15) is 0 Å². The number of nitrogens with one attached hydrogen (secondary N) is 10. The number of hydrogen-bond donors (Lipinski definition) is 14. The van der Waals surface area contributed by atoms with E-state index in [9.17, 15) is 58.5 Å². The number of nitrogens with two attached hydrogens (primary N) is 1. The van der Waals surface area contributed by atoms with Crippen LogP contribution in [0.2, 0.25) is 0 Å². The number of aromatic nitrogens is 1. The van der Waals surface area contributed by atoms with E-state index in [1.807, 2.05) is 6.92 Å². The number of carbonyl (C=O) groups excluding carboxylic acids is 15. The second kappa shape index (κ2) is 48.9. The molecule has 36 heteroatoms. The Morgan fingerprint density at radius 2 is 0.915 bits per heavy atom. The molecule has 690 valence electrons. The van der Waals surface area contributed by atoms with Crippen LogP contribution in [0.25, 0.3) is 10.9 Å². The summed E-state index contributed by atoms with van der Waals surface area (Å²) in [7, 11) is 6.54. The van der Waals surface area contributed by atoms with Gasteiger partial charge >= 0.3 is 5.97 Å². The number of carboxylic acids is 1. The molecule has 0 spiro atoms. The van der Waals surface area contributed by atoms with E-state index in [1.54, 1.807) is 149 Å². The molecule has 1 aliphatic heterocycles. The summed E-state index contributed by atoms with van der Waals surface area (Å²) in [6.07, 6.45) is 0.141. The summed E-state index contributed by atoms with van der Waals surface area (Å²) in [5, 5.41) is 55.6. The van der Waals surface area contributed by atoms with Crippen molar-refractivity contribution in [2.45, 2.75) is 172 Å². The molecular formula is C93H118N16O19S. The van der Waals surface area contributed by atoms with Crippen LogP contribution in [0.4, 0.5) is 0 Å². The highest BCUT2D eigenvalue weighted by Gasteiger charge is 2.42. The molecule has 7 aromatic rings. The zero-order chi connectivity index (χ0) is 94.3. The number of benzene rings is 6. The van der Waals surface area contributed by atoms with Gasteiger partial charge in [0.05, 0.1) is 31.8 Å². The third-order valence-electron chi connectivity index (χ3n) is 22.1. The maximum absolute atomic E-state index is 15.5. The molecule has 0 aliphatic carbocycles. The van der Waals surface area contributed by atoms with Crippen LogP contribution >= 0.6 is 11.8 Å². The van der Waals surface area contributed by atoms with Crippen molar-refractivity contribution < 1.29 is 92.0 Å². The lowest BCUT2D eigenvalue weighted by molar-refractivity contribution is -0.151. The number of unbranched alkanes of at least 4 members (excludes halogenated alkanes) is 1. The second-order valence-corrected chi connectivity index (χ2v) is 34.1. The minimum atomic E-state index is -1.91. The first kappa shape index (κ1) is 101. The van der Waals surface area contributed by atoms with Gasteiger partial charge in [0.25, 0.3) is 0 Å². The summed E-state index contributed by atoms with van der Waals surface area (Å²) in [6.45, 7) is 6.17. The molecule has 0 bridgehead atoms. The number of phenols is 2. The highest BCUT2D eigenvalue weighted by atomic mass is 32.2. The molecule has 15 N–H and O–H groups in total. The fourth-order valence-corrected chi connectivity index (χ4v) is 15.8. The number of fused-ring (bicyclic) bond motifs is 1. The van der Waals surface area contributed by atoms with Crippen molar-refractivity contribution in [1.29, 1.82) is 0 Å². The molecule has 6 aromatic carbocycles. The van der Waals surface area contributed by atoms with Crippen LogP contribution < -0.4 is 53.6 Å². The molecule has 11 atom stereocenters. The number of amides is 15. The van der Waals surface area contributed by atoms with E-state index in [0.717, 1.165) is 26.5 Å². The Labute approximate surface area is 753 Å². The van der Waals surface area contributed by atoms with Crippen LogP contribution in [-0.4, -0.2) is 272 Å². The van der Waals surface area contributed by atoms with E-state index in [1.165, 1.54) is 93.6 Å². The van der Waals surface area contributed by atoms with Crippen molar-refractivity contribution in [1.82, 2.24) is 77.3 Å². The van der Waals surface area contributed by atoms with Crippen LogP contribution in [0.3, 0.4) is 0 Å². The highest BCUT2D eigenvalue weighted by Crippen LogP contribution is 2.25. The van der Waals surface area contributed by atoms with Gasteiger partial charge in [0.2, 0.25) is 88.6 Å². The molecule has 1 saturated heterocycles. The molecule has 0 saturated carbocycles. The molecule has 1 aliphatic rings. The number of carboxylic acid groups (broad SMARTS) is 1. The van der Waals surface area contributed by atoms with Crippen molar-refractivity contribution >= 4 is 117 Å². The van der Waals surface area contributed by atoms with Gasteiger partial charge in [0.15, 0.2) is 0 Å². The number of aromatic amines is 1. The Kier molecular flexibility index (Phi) is 38.2. The number of nitrogens with zero attached hydrogens (tertiary/aromatic N) is 5. The van der Waals surface area contributed by atoms with Crippen molar-refractivity contribution in [2.24, 2.45) is 17.6 Å². The first-order valence-corrected chi connectivity index (χ1v) is 43.8. The molecule has 8 rings (SSSR count). The summed E-state index contributed by atoms with van der Waals surface area (Å²) in [5.74, 6) is -17.4. The van der Waals surface area contributed by atoms with Crippen LogP contribution in [0, 0.1) is 11.8 Å². The standard InChI is InChI=1S/C93H118N16O19S/c1-11-12-31-74-91(126)106(7)52-79(114)98-70(49-81(116)117)87(122)104-82(56(4)5)93(128)108(9)75(46-58-25-18-14-19-26-58)88(123)102-71(45-61-34-38-64(111)39-35-61)89(124)105(6)51-78(113)97-69(48-62-29-22-30-66-65(62)40-41-95-66)86(121)101-68(43-60-32-36-63(110)37-33-60)85(120)100-67(42-55(2)3)84(119)103-73(83(118)96-50-77(94)112)53-129-54-80(115)99-72(44-57-23-16-13-17-24-57)90(125)109(10)76(92(127)107(74)8)47-59-27-20-15-21-28-59/h13-30,32-41,55-56,67-76,82,95,110-111H,11-12,31,42-54H2,1-10H3,(H2,94,112)(H,96,118)(H,97,113)(H,98,114)(H,99,115)(H,100,120)(H,101,121)(H,102,123)(H,103,119)(H,104,122)(H,116,117). The summed E-state index contributed by atoms with van der Waals surface area (Å²) in [5.41, 5.74) is 9.13. The summed E-state index contributed by atoms with van der Waals surface area (Å²) in [4.78, 5) is 243. The van der Waals surface area contributed by atoms with Crippen molar-refractivity contribution in [3.8, 4) is 11.5 Å². The van der Waals surface area contributed by atoms with E-state index in [2.05, 4.69) is 52.8 Å². The van der Waals surface area contributed by atoms with E-state index in [-0.39, 0.29) is 74.5 Å². The second-order valence-electron chi connectivity index (χ2n) is 33.1. The highest BCUT2D eigenvalue weighted by molar-refractivity contribution is 8.00. The molecule has 0 radical (unpaired) electrons. The van der Waals surface area contributed by atoms with E-state index in [0.29, 0.717) is 57.1 Å². The monoisotopic (exact) mass is 1790 g/mol. The van der Waals surface area contributed by atoms with E-state index < -0.39 is 199 Å². The molecule has 1 aromatic heterocycles. The molecule has 129 heavy (non-hydrogen) atoms. The third-order valence-corrected chi connectivity index (χ3v) is 23.1. The zero-order valence-electron chi connectivity index (χ0n) is 74.1. The van der Waals surface area contributed by atoms with Gasteiger partial charge in [-0.15, -0.1) is 11.8 Å². The van der Waals surface area contributed by atoms with Gasteiger partial charge in [-0.05, 0) is 94.5 Å². The van der Waals surface area contributed by atoms with Crippen LogP contribution in [-0.2, 0) is 115 Å². The Morgan fingerprint density at radius 3 is 1.45 bits per heavy atom. The van der Waals surface area contributed by atoms with Crippen LogP contribution in [0.5, 0.6) is 11.5 Å². The largest absolute Gasteiger partial charge is 0.508 e. The van der Waals surface area contributed by atoms with Crippen LogP contribution in [0.15, 0.2) is 170 Å². The zero-order valence-corrected chi connectivity index (χ0v) is 74.9. The topological polar surface area (TPSA) is 500 Å². The molecule has 2 heterocycles. The normalized spacial score (nSPS) is 21.9. The SMILES string of the molecule is CCCCC1C(=O)N(C)CC(=O)NC(CC(=O)O)C(=O)NC(C(C)C)C(=O)N(C)C(Cc2ccccc2)C(=O)NC(Cc2ccc(O)cc2)C(=O)N(C)CC(=O)NC(Cc2cccc3[nH]ccc23)C(=O)NC(Cc2ccc(O)cc2)C(=O)NC(CC(C)C)C(=O)NC(C(=O)NCC(N)=O)CSCC(=O)NC(Cc2ccccc2)C(=O)N(C)C(Cc2ccccc2)C(=O)N1C. The van der Waals surface area contributed by atoms with Gasteiger partial charge in [0, 0.05) is 96.6 Å². The summed E-state index contributed by atoms with van der Waals surface area (Å²) >= 11 is 0.829. The molecule has 1 fully saturated rings. The fourth-order valence-electron chi connectivity index (χ4n) is 15.0. The number of primary amides is 1. The van der Waals surface area contributed by atoms with Gasteiger partial charge in [-0.3, -0.25) is 76.7 Å². The number of rotatable bonds is 23. The minimum absolute atomic E-state index is 0.0299. The van der Waals surface area contributed by atoms with E-state index >= 15 is 33.6 Å². The number of aliphatic carboxylic acids is 1. The smallest absolute Gasteiger partial charge is 0.305 e. The lowest BCUT2D eigenvalue weighted by atomic mass is 9.98. The summed E-state index contributed by atoms with van der Waals surface area (Å²) in [6, 6.07) is 27.1. The predicted molar refractivity (Wildman–Crippen MR) is 482 cm³/mol.